The Morgan fingerprint density at radius 2 is 0.727 bits per heavy atom. The molecule has 3 heterocycles. The number of hydrogen-bond donors (Lipinski definition) is 0. The largest absolute Gasteiger partial charge is 0.277 e. The van der Waals surface area contributed by atoms with Gasteiger partial charge in [0.25, 0.3) is 0 Å². The zero-order valence-electron chi connectivity index (χ0n) is 29.8. The summed E-state index contributed by atoms with van der Waals surface area (Å²) in [4.78, 5) is 20.7. The average Bonchev–Trinajstić information content (AvgIpc) is 3.61. The first-order valence-electron chi connectivity index (χ1n) is 18.4. The van der Waals surface area contributed by atoms with E-state index >= 15 is 0 Å². The van der Waals surface area contributed by atoms with E-state index in [9.17, 15) is 0 Å². The summed E-state index contributed by atoms with van der Waals surface area (Å²) in [5, 5.41) is 2.22. The van der Waals surface area contributed by atoms with Crippen LogP contribution in [0.15, 0.2) is 200 Å². The number of rotatable bonds is 7. The molecule has 0 aliphatic heterocycles. The summed E-state index contributed by atoms with van der Waals surface area (Å²) < 4.78 is 2.24. The van der Waals surface area contributed by atoms with E-state index in [1.54, 1.807) is 0 Å². The van der Waals surface area contributed by atoms with Gasteiger partial charge in [0.05, 0.1) is 17.1 Å². The molecule has 0 bridgehead atoms. The molecule has 10 rings (SSSR count). The van der Waals surface area contributed by atoms with Crippen molar-refractivity contribution in [1.29, 1.82) is 0 Å². The first-order chi connectivity index (χ1) is 27.3. The Labute approximate surface area is 319 Å². The van der Waals surface area contributed by atoms with E-state index in [4.69, 9.17) is 19.9 Å². The monoisotopic (exact) mass is 703 g/mol. The molecular formula is C50H33N5. The van der Waals surface area contributed by atoms with E-state index in [1.165, 1.54) is 0 Å². The molecule has 0 fully saturated rings. The van der Waals surface area contributed by atoms with Crippen LogP contribution in [0.4, 0.5) is 0 Å². The Balaban J connectivity index is 1.15. The predicted octanol–water partition coefficient (Wildman–Crippen LogP) is 12.3. The van der Waals surface area contributed by atoms with Gasteiger partial charge in [0.1, 0.15) is 11.5 Å². The number of nitrogens with zero attached hydrogens (tertiary/aromatic N) is 5. The van der Waals surface area contributed by atoms with Gasteiger partial charge in [-0.05, 0) is 34.9 Å². The molecule has 0 atom stereocenters. The van der Waals surface area contributed by atoms with Crippen molar-refractivity contribution in [2.45, 2.75) is 0 Å². The van der Waals surface area contributed by atoms with Gasteiger partial charge in [-0.3, -0.25) is 4.40 Å². The van der Waals surface area contributed by atoms with Crippen molar-refractivity contribution in [1.82, 2.24) is 24.3 Å². The topological polar surface area (TPSA) is 56.0 Å². The molecular weight excluding hydrogens is 671 g/mol. The van der Waals surface area contributed by atoms with E-state index in [-0.39, 0.29) is 0 Å². The molecule has 0 radical (unpaired) electrons. The summed E-state index contributed by atoms with van der Waals surface area (Å²) in [6.07, 6.45) is 0. The van der Waals surface area contributed by atoms with E-state index in [1.807, 2.05) is 54.6 Å². The molecule has 0 aliphatic rings. The summed E-state index contributed by atoms with van der Waals surface area (Å²) in [7, 11) is 0. The van der Waals surface area contributed by atoms with Gasteiger partial charge in [-0.1, -0.05) is 182 Å². The van der Waals surface area contributed by atoms with Gasteiger partial charge in [-0.15, -0.1) is 0 Å². The highest BCUT2D eigenvalue weighted by molar-refractivity contribution is 6.06. The summed E-state index contributed by atoms with van der Waals surface area (Å²) in [6, 6.07) is 69.1. The van der Waals surface area contributed by atoms with E-state index in [0.717, 1.165) is 83.8 Å². The Kier molecular flexibility index (Phi) is 8.08. The molecule has 0 saturated heterocycles. The molecule has 5 nitrogen and oxygen atoms in total. The van der Waals surface area contributed by atoms with Gasteiger partial charge in [-0.2, -0.15) is 0 Å². The minimum Gasteiger partial charge on any atom is -0.277 e. The summed E-state index contributed by atoms with van der Waals surface area (Å²) in [5.41, 5.74) is 11.9. The fraction of sp³-hybridized carbons (Fsp3) is 0. The fourth-order valence-electron chi connectivity index (χ4n) is 7.38. The van der Waals surface area contributed by atoms with Gasteiger partial charge < -0.3 is 0 Å². The zero-order valence-corrected chi connectivity index (χ0v) is 29.8. The van der Waals surface area contributed by atoms with Crippen LogP contribution in [-0.2, 0) is 0 Å². The number of benzene rings is 7. The molecule has 0 saturated carbocycles. The lowest BCUT2D eigenvalue weighted by atomic mass is 9.99. The SMILES string of the molecule is c1ccc(-c2cc(-c3cccc(-c4cccc(-c5nc(-c6ccccc6)nc6c7ccccc7c(-c7ccccc7)n56)c4)c3)nc(-c3ccccc3)n2)cc1. The fourth-order valence-corrected chi connectivity index (χ4v) is 7.38. The molecule has 0 spiro atoms. The molecule has 0 unspecified atom stereocenters. The molecule has 0 N–H and O–H groups in total. The Morgan fingerprint density at radius 3 is 1.35 bits per heavy atom. The summed E-state index contributed by atoms with van der Waals surface area (Å²) >= 11 is 0. The summed E-state index contributed by atoms with van der Waals surface area (Å²) in [6.45, 7) is 0. The second kappa shape index (κ2) is 13.8. The number of hydrogen-bond acceptors (Lipinski definition) is 4. The van der Waals surface area contributed by atoms with Gasteiger partial charge in [0, 0.05) is 38.6 Å². The molecule has 7 aromatic carbocycles. The minimum absolute atomic E-state index is 0.686. The van der Waals surface area contributed by atoms with Crippen molar-refractivity contribution in [3.05, 3.63) is 200 Å². The van der Waals surface area contributed by atoms with Crippen molar-refractivity contribution in [3.63, 3.8) is 0 Å². The standard InChI is InChI=1S/C50H33N5/c1-5-17-34(18-6-1)44-33-45(52-47(51-44)36-21-9-3-10-22-36)40-27-15-25-38(31-40)39-26-16-28-41(32-39)49-53-48(37-23-11-4-12-24-37)54-50-43-30-14-13-29-42(43)46(55(49)50)35-19-7-2-8-20-35/h1-33H. The maximum absolute atomic E-state index is 5.33. The quantitative estimate of drug-likeness (QED) is 0.166. The van der Waals surface area contributed by atoms with Crippen molar-refractivity contribution >= 4 is 16.4 Å². The Bertz CT molecular complexity index is 2900. The van der Waals surface area contributed by atoms with Crippen LogP contribution < -0.4 is 0 Å². The molecule has 258 valence electrons. The lowest BCUT2D eigenvalue weighted by Crippen LogP contribution is -2.03. The third-order valence-electron chi connectivity index (χ3n) is 10.0. The average molecular weight is 704 g/mol. The van der Waals surface area contributed by atoms with Crippen LogP contribution in [0.25, 0.3) is 95.5 Å². The highest BCUT2D eigenvalue weighted by Gasteiger charge is 2.21. The van der Waals surface area contributed by atoms with Crippen molar-refractivity contribution in [2.75, 3.05) is 0 Å². The van der Waals surface area contributed by atoms with Crippen molar-refractivity contribution < 1.29 is 0 Å². The minimum atomic E-state index is 0.686. The maximum atomic E-state index is 5.33. The highest BCUT2D eigenvalue weighted by Crippen LogP contribution is 2.38. The second-order valence-corrected chi connectivity index (χ2v) is 13.5. The third-order valence-corrected chi connectivity index (χ3v) is 10.0. The van der Waals surface area contributed by atoms with Crippen LogP contribution in [0.2, 0.25) is 0 Å². The number of fused-ring (bicyclic) bond motifs is 3. The van der Waals surface area contributed by atoms with Gasteiger partial charge in [0.2, 0.25) is 0 Å². The molecule has 0 aliphatic carbocycles. The van der Waals surface area contributed by atoms with Crippen molar-refractivity contribution in [2.24, 2.45) is 0 Å². The normalized spacial score (nSPS) is 11.3. The number of aromatic nitrogens is 5. The Hall–Kier alpha value is -7.50. The smallest absolute Gasteiger partial charge is 0.163 e. The highest BCUT2D eigenvalue weighted by atomic mass is 15.1. The van der Waals surface area contributed by atoms with Gasteiger partial charge in [-0.25, -0.2) is 19.9 Å². The van der Waals surface area contributed by atoms with Gasteiger partial charge >= 0.3 is 0 Å². The molecule has 3 aromatic heterocycles. The zero-order chi connectivity index (χ0) is 36.6. The van der Waals surface area contributed by atoms with E-state index in [0.29, 0.717) is 11.6 Å². The third kappa shape index (κ3) is 6.04. The van der Waals surface area contributed by atoms with Gasteiger partial charge in [0.15, 0.2) is 11.6 Å². The lowest BCUT2D eigenvalue weighted by Gasteiger charge is -2.14. The van der Waals surface area contributed by atoms with Crippen LogP contribution in [0.1, 0.15) is 0 Å². The van der Waals surface area contributed by atoms with Crippen molar-refractivity contribution in [3.8, 4) is 79.1 Å². The maximum Gasteiger partial charge on any atom is 0.163 e. The first kappa shape index (κ1) is 32.2. The van der Waals surface area contributed by atoms with Crippen LogP contribution in [0.5, 0.6) is 0 Å². The predicted molar refractivity (Wildman–Crippen MR) is 224 cm³/mol. The molecule has 0 amide bonds. The van der Waals surface area contributed by atoms with Crippen LogP contribution >= 0.6 is 0 Å². The summed E-state index contributed by atoms with van der Waals surface area (Å²) in [5.74, 6) is 2.21. The molecule has 10 aromatic rings. The van der Waals surface area contributed by atoms with Crippen LogP contribution in [0, 0.1) is 0 Å². The lowest BCUT2D eigenvalue weighted by molar-refractivity contribution is 1.05. The molecule has 55 heavy (non-hydrogen) atoms. The second-order valence-electron chi connectivity index (χ2n) is 13.5. The molecule has 5 heteroatoms. The van der Waals surface area contributed by atoms with Crippen LogP contribution in [0.3, 0.4) is 0 Å². The van der Waals surface area contributed by atoms with E-state index < -0.39 is 0 Å². The van der Waals surface area contributed by atoms with Crippen LogP contribution in [-0.4, -0.2) is 24.3 Å². The Morgan fingerprint density at radius 1 is 0.291 bits per heavy atom. The first-order valence-corrected chi connectivity index (χ1v) is 18.4. The van der Waals surface area contributed by atoms with E-state index in [2.05, 4.69) is 150 Å².